The predicted molar refractivity (Wildman–Crippen MR) is 454 cm³/mol. The second-order valence-corrected chi connectivity index (χ2v) is 33.5. The molecule has 0 saturated carbocycles. The van der Waals surface area contributed by atoms with E-state index in [1.807, 2.05) is 94.9 Å². The van der Waals surface area contributed by atoms with Gasteiger partial charge in [0, 0.05) is 77.9 Å². The Balaban J connectivity index is 0.000000178. The van der Waals surface area contributed by atoms with E-state index in [-0.39, 0.29) is 66.8 Å². The van der Waals surface area contributed by atoms with Crippen molar-refractivity contribution >= 4 is 74.7 Å². The average Bonchev–Trinajstić information content (AvgIpc) is 1.63. The van der Waals surface area contributed by atoms with E-state index in [4.69, 9.17) is 20.7 Å². The van der Waals surface area contributed by atoms with Gasteiger partial charge in [-0.3, -0.25) is 14.2 Å². The molecular weight excluding hydrogens is 1700 g/mol. The van der Waals surface area contributed by atoms with Gasteiger partial charge in [0.1, 0.15) is 69.5 Å². The molecule has 0 unspecified atom stereocenters. The number of rotatable bonds is 23. The molecule has 15 rings (SSSR count). The predicted octanol–water partition coefficient (Wildman–Crippen LogP) is 18.7. The highest BCUT2D eigenvalue weighted by atomic mass is 32.2. The van der Waals surface area contributed by atoms with Gasteiger partial charge >= 0.3 is 0 Å². The highest BCUT2D eigenvalue weighted by Crippen LogP contribution is 2.44. The van der Waals surface area contributed by atoms with Gasteiger partial charge in [0.2, 0.25) is 20.9 Å². The quantitative estimate of drug-likeness (QED) is 0.0263. The summed E-state index contributed by atoms with van der Waals surface area (Å²) in [4.78, 5) is 35.6. The summed E-state index contributed by atoms with van der Waals surface area (Å²) in [6, 6.07) is 51.9. The summed E-state index contributed by atoms with van der Waals surface area (Å²) >= 11 is 1.34. The second kappa shape index (κ2) is 37.7. The normalized spacial score (nSPS) is 11.5. The van der Waals surface area contributed by atoms with Crippen molar-refractivity contribution in [2.24, 2.45) is 0 Å². The molecule has 24 nitrogen and oxygen atoms in total. The molecule has 0 radical (unpaired) electrons. The standard InChI is InChI=1S/C28H22F3N5O4S2.C28H22F3N5O2S2.C27H21F3N6O2S.2CH4/c1-3-36-25(18-11-7-14-21(23(18)31)35-42(39,40)26-19(29)12-8-13-20(26)30)24(34-27(36)17-9-5-4-6-10-17)22-15-16-32-28(33-22)41(2,37)38;1-3-36-25(24(22-15-16-32-28(33-22)39-2)34-27(36)17-9-5-4-6-10-17)18-11-7-14-21(23(18)31)35-40(37,38)26-19(29)12-8-13-20(26)30;1-2-36-24(23(21-14-15-32-27(31)33-21)34-26(36)16-8-4-3-5-9-16)17-10-6-13-20(22(17)30)35-39(37,38)25-18(28)11-7-12-19(25)29;;/h4-16,35H,3H2,1-2H3;4-16,35H,3H2,1-2H3;3-15,35H,2H2,1H3,(H2,31,32,33);2*1H4. The molecule has 6 heterocycles. The molecule has 0 amide bonds. The number of benzene rings is 9. The van der Waals surface area contributed by atoms with E-state index < -0.39 is 129 Å². The van der Waals surface area contributed by atoms with Crippen LogP contribution < -0.4 is 19.9 Å². The number of anilines is 4. The lowest BCUT2D eigenvalue weighted by Gasteiger charge is -2.15. The SMILES string of the molecule is C.C.CCn1c(-c2ccccc2)nc(-c2ccnc(N)n2)c1-c1cccc(NS(=O)(=O)c2c(F)cccc2F)c1F.CCn1c(-c2ccccc2)nc(-c2ccnc(S(C)(=O)=O)n2)c1-c1cccc(NS(=O)(=O)c2c(F)cccc2F)c1F.CCn1c(-c2ccccc2)nc(-c2ccnc(SC)n2)c1-c1cccc(NS(=O)(=O)c2c(F)cccc2F)c1F. The van der Waals surface area contributed by atoms with Crippen LogP contribution in [0.15, 0.2) is 262 Å². The summed E-state index contributed by atoms with van der Waals surface area (Å²) in [6.45, 7) is 6.54. The molecule has 0 aliphatic rings. The molecule has 634 valence electrons. The van der Waals surface area contributed by atoms with Crippen LogP contribution in [0.25, 0.3) is 102 Å². The molecule has 0 aliphatic carbocycles. The number of halogens is 9. The minimum atomic E-state index is -4.88. The number of imidazole rings is 3. The second-order valence-electron chi connectivity index (χ2n) is 25.9. The van der Waals surface area contributed by atoms with Crippen molar-refractivity contribution in [3.8, 4) is 102 Å². The Morgan fingerprint density at radius 2 is 0.634 bits per heavy atom. The van der Waals surface area contributed by atoms with E-state index in [9.17, 15) is 60.0 Å². The van der Waals surface area contributed by atoms with Crippen LogP contribution in [0.4, 0.5) is 62.5 Å². The van der Waals surface area contributed by atoms with Crippen molar-refractivity contribution < 1.29 is 73.2 Å². The van der Waals surface area contributed by atoms with Crippen LogP contribution in [0.3, 0.4) is 0 Å². The summed E-state index contributed by atoms with van der Waals surface area (Å²) in [5, 5.41) is 0.0248. The Labute approximate surface area is 706 Å². The topological polar surface area (TPSA) is 329 Å². The third kappa shape index (κ3) is 18.9. The highest BCUT2D eigenvalue weighted by Gasteiger charge is 2.34. The van der Waals surface area contributed by atoms with E-state index in [0.29, 0.717) is 69.8 Å². The molecule has 0 fully saturated rings. The first kappa shape index (κ1) is 90.3. The number of nitrogens with zero attached hydrogens (tertiary/aromatic N) is 12. The van der Waals surface area contributed by atoms with Crippen LogP contribution in [-0.2, 0) is 59.5 Å². The fraction of sp³-hybridized carbons (Fsp3) is 0.118. The summed E-state index contributed by atoms with van der Waals surface area (Å²) < 4.78 is 247. The van der Waals surface area contributed by atoms with Crippen molar-refractivity contribution in [3.05, 3.63) is 289 Å². The number of sulfonamides is 3. The van der Waals surface area contributed by atoms with Crippen molar-refractivity contribution in [2.75, 3.05) is 32.4 Å². The summed E-state index contributed by atoms with van der Waals surface area (Å²) in [7, 11) is -18.3. The highest BCUT2D eigenvalue weighted by molar-refractivity contribution is 7.98. The molecule has 0 aliphatic heterocycles. The molecule has 15 aromatic rings. The number of sulfone groups is 1. The van der Waals surface area contributed by atoms with Crippen LogP contribution in [0.5, 0.6) is 0 Å². The first-order valence-corrected chi connectivity index (χ1v) is 43.7. The van der Waals surface area contributed by atoms with E-state index in [2.05, 4.69) is 29.9 Å². The Hall–Kier alpha value is -13.4. The van der Waals surface area contributed by atoms with Gasteiger partial charge in [0.25, 0.3) is 30.1 Å². The molecule has 123 heavy (non-hydrogen) atoms. The number of hydrogen-bond donors (Lipinski definition) is 4. The van der Waals surface area contributed by atoms with Crippen LogP contribution in [0, 0.1) is 52.4 Å². The van der Waals surface area contributed by atoms with Gasteiger partial charge in [-0.1, -0.05) is 154 Å². The van der Waals surface area contributed by atoms with Crippen molar-refractivity contribution in [1.82, 2.24) is 58.6 Å². The van der Waals surface area contributed by atoms with E-state index in [1.165, 1.54) is 72.7 Å². The largest absolute Gasteiger partial charge is 0.368 e. The number of nitrogens with one attached hydrogen (secondary N) is 3. The Kier molecular flexibility index (Phi) is 27.7. The maximum absolute atomic E-state index is 16.2. The molecule has 6 aromatic heterocycles. The molecule has 38 heteroatoms. The minimum absolute atomic E-state index is 0. The van der Waals surface area contributed by atoms with Crippen LogP contribution in [-0.4, -0.2) is 105 Å². The van der Waals surface area contributed by atoms with Gasteiger partial charge in [-0.25, -0.2) is 118 Å². The molecule has 9 aromatic carbocycles. The monoisotopic (exact) mass is 1780 g/mol. The van der Waals surface area contributed by atoms with Crippen LogP contribution >= 0.6 is 11.8 Å². The number of hydrogen-bond acceptors (Lipinski definition) is 19. The van der Waals surface area contributed by atoms with E-state index in [0.717, 1.165) is 84.1 Å². The Morgan fingerprint density at radius 1 is 0.350 bits per heavy atom. The van der Waals surface area contributed by atoms with Crippen LogP contribution in [0.2, 0.25) is 0 Å². The maximum atomic E-state index is 16.2. The smallest absolute Gasteiger partial charge is 0.267 e. The fourth-order valence-electron chi connectivity index (χ4n) is 13.0. The van der Waals surface area contributed by atoms with E-state index >= 15 is 13.2 Å². The number of aromatic nitrogens is 12. The molecule has 0 bridgehead atoms. The lowest BCUT2D eigenvalue weighted by molar-refractivity contribution is 0.519. The van der Waals surface area contributed by atoms with Crippen molar-refractivity contribution in [3.63, 3.8) is 0 Å². The minimum Gasteiger partial charge on any atom is -0.368 e. The lowest BCUT2D eigenvalue weighted by atomic mass is 10.1. The van der Waals surface area contributed by atoms with Gasteiger partial charge in [0.15, 0.2) is 37.3 Å². The Morgan fingerprint density at radius 3 is 0.927 bits per heavy atom. The molecule has 0 atom stereocenters. The molecule has 5 N–H and O–H groups in total. The zero-order chi connectivity index (χ0) is 86.4. The van der Waals surface area contributed by atoms with Crippen molar-refractivity contribution in [1.29, 1.82) is 0 Å². The summed E-state index contributed by atoms with van der Waals surface area (Å²) in [6.07, 6.45) is 7.03. The first-order chi connectivity index (χ1) is 57.9. The average molecular weight is 1780 g/mol. The Bertz CT molecular complexity index is 6890. The number of nitrogens with two attached hydrogens (primary N) is 1. The zero-order valence-electron chi connectivity index (χ0n) is 63.8. The fourth-order valence-corrected chi connectivity index (χ4v) is 17.4. The first-order valence-electron chi connectivity index (χ1n) is 36.1. The van der Waals surface area contributed by atoms with Gasteiger partial charge in [-0.15, -0.1) is 0 Å². The lowest BCUT2D eigenvalue weighted by Crippen LogP contribution is -2.17. The summed E-state index contributed by atoms with van der Waals surface area (Å²) in [5.74, 6) is -9.42. The van der Waals surface area contributed by atoms with Gasteiger partial charge in [0.05, 0.1) is 51.2 Å². The van der Waals surface area contributed by atoms with Gasteiger partial charge in [-0.2, -0.15) is 0 Å². The third-order valence-corrected chi connectivity index (χ3v) is 23.9. The maximum Gasteiger partial charge on any atom is 0.267 e. The number of nitrogen functional groups attached to an aromatic ring is 1. The van der Waals surface area contributed by atoms with Gasteiger partial charge in [-0.05, 0) is 118 Å². The van der Waals surface area contributed by atoms with Gasteiger partial charge < -0.3 is 19.4 Å². The molecule has 0 spiro atoms. The zero-order valence-corrected chi connectivity index (χ0v) is 67.9. The summed E-state index contributed by atoms with van der Waals surface area (Å²) in [5.41, 5.74) is 8.68. The third-order valence-electron chi connectivity index (χ3n) is 18.2. The van der Waals surface area contributed by atoms with E-state index in [1.54, 1.807) is 69.3 Å². The van der Waals surface area contributed by atoms with Crippen LogP contribution in [0.1, 0.15) is 35.6 Å². The number of thioether (sulfide) groups is 1. The van der Waals surface area contributed by atoms with Crippen molar-refractivity contribution in [2.45, 2.75) is 80.3 Å². The molecular formula is C85H73F9N16O8S5. The molecule has 0 saturated heterocycles.